The predicted molar refractivity (Wildman–Crippen MR) is 82.6 cm³/mol. The molecule has 0 aromatic carbocycles. The smallest absolute Gasteiger partial charge is 0.0467 e. The molecular formula is C16H34N2O. The predicted octanol–water partition coefficient (Wildman–Crippen LogP) is 2.76. The Labute approximate surface area is 120 Å². The summed E-state index contributed by atoms with van der Waals surface area (Å²) in [5.41, 5.74) is 0.605. The second-order valence-electron chi connectivity index (χ2n) is 7.93. The molecule has 1 atom stereocenters. The van der Waals surface area contributed by atoms with Crippen molar-refractivity contribution in [3.05, 3.63) is 0 Å². The molecule has 3 nitrogen and oxygen atoms in total. The molecule has 1 saturated heterocycles. The van der Waals surface area contributed by atoms with E-state index in [1.165, 1.54) is 26.1 Å². The van der Waals surface area contributed by atoms with Crippen molar-refractivity contribution in [1.82, 2.24) is 10.2 Å². The highest BCUT2D eigenvalue weighted by molar-refractivity contribution is 4.83. The minimum absolute atomic E-state index is 0.241. The van der Waals surface area contributed by atoms with Crippen molar-refractivity contribution in [3.63, 3.8) is 0 Å². The maximum Gasteiger partial charge on any atom is 0.0467 e. The Morgan fingerprint density at radius 1 is 1.21 bits per heavy atom. The maximum atomic E-state index is 5.21. The van der Waals surface area contributed by atoms with Crippen molar-refractivity contribution >= 4 is 0 Å². The number of ether oxygens (including phenoxy) is 1. The molecule has 0 aromatic rings. The fourth-order valence-corrected chi connectivity index (χ4v) is 2.74. The van der Waals surface area contributed by atoms with Crippen LogP contribution < -0.4 is 5.32 Å². The van der Waals surface area contributed by atoms with E-state index in [0.29, 0.717) is 5.41 Å². The summed E-state index contributed by atoms with van der Waals surface area (Å²) in [6.45, 7) is 17.2. The zero-order chi connectivity index (χ0) is 14.5. The van der Waals surface area contributed by atoms with Gasteiger partial charge < -0.3 is 15.0 Å². The number of likely N-dealkylation sites (tertiary alicyclic amines) is 1. The summed E-state index contributed by atoms with van der Waals surface area (Å²) in [7, 11) is 1.79. The summed E-state index contributed by atoms with van der Waals surface area (Å²) < 4.78 is 5.21. The molecule has 0 amide bonds. The molecule has 0 spiro atoms. The molecule has 1 N–H and O–H groups in total. The van der Waals surface area contributed by atoms with Crippen molar-refractivity contribution in [2.45, 2.75) is 53.0 Å². The zero-order valence-electron chi connectivity index (χ0n) is 13.9. The van der Waals surface area contributed by atoms with E-state index < -0.39 is 0 Å². The van der Waals surface area contributed by atoms with E-state index in [1.54, 1.807) is 7.11 Å². The van der Waals surface area contributed by atoms with Gasteiger partial charge in [0.1, 0.15) is 0 Å². The Bertz CT molecular complexity index is 258. The topological polar surface area (TPSA) is 24.5 Å². The molecule has 0 aromatic heterocycles. The third-order valence-corrected chi connectivity index (χ3v) is 3.93. The van der Waals surface area contributed by atoms with Gasteiger partial charge in [-0.25, -0.2) is 0 Å². The highest BCUT2D eigenvalue weighted by Gasteiger charge is 2.28. The molecule has 114 valence electrons. The second-order valence-corrected chi connectivity index (χ2v) is 7.93. The molecule has 1 fully saturated rings. The van der Waals surface area contributed by atoms with Gasteiger partial charge in [0, 0.05) is 32.3 Å². The quantitative estimate of drug-likeness (QED) is 0.770. The number of hydrogen-bond acceptors (Lipinski definition) is 3. The van der Waals surface area contributed by atoms with Crippen LogP contribution in [0, 0.1) is 11.3 Å². The van der Waals surface area contributed by atoms with Gasteiger partial charge in [0.2, 0.25) is 0 Å². The van der Waals surface area contributed by atoms with E-state index in [4.69, 9.17) is 4.74 Å². The Hall–Kier alpha value is -0.120. The lowest BCUT2D eigenvalue weighted by molar-refractivity contribution is 0.124. The third kappa shape index (κ3) is 7.28. The fraction of sp³-hybridized carbons (Fsp3) is 1.00. The number of rotatable bonds is 7. The zero-order valence-corrected chi connectivity index (χ0v) is 13.9. The summed E-state index contributed by atoms with van der Waals surface area (Å²) in [6, 6.07) is 0. The van der Waals surface area contributed by atoms with E-state index in [0.717, 1.165) is 25.5 Å². The molecule has 3 heteroatoms. The Morgan fingerprint density at radius 2 is 1.89 bits per heavy atom. The van der Waals surface area contributed by atoms with E-state index >= 15 is 0 Å². The van der Waals surface area contributed by atoms with Crippen LogP contribution in [0.3, 0.4) is 0 Å². The largest absolute Gasteiger partial charge is 0.385 e. The molecule has 0 bridgehead atoms. The number of hydrogen-bond donors (Lipinski definition) is 1. The van der Waals surface area contributed by atoms with Crippen LogP contribution in [-0.4, -0.2) is 50.3 Å². The van der Waals surface area contributed by atoms with Gasteiger partial charge in [0.05, 0.1) is 0 Å². The van der Waals surface area contributed by atoms with Gasteiger partial charge in [0.25, 0.3) is 0 Å². The standard InChI is InChI=1S/C16H34N2O/c1-15(2,3)17-11-14-7-9-18(12-14)13-16(4,5)8-10-19-6/h14,17H,7-13H2,1-6H3. The van der Waals surface area contributed by atoms with Crippen molar-refractivity contribution in [2.75, 3.05) is 39.9 Å². The van der Waals surface area contributed by atoms with Crippen LogP contribution in [0.4, 0.5) is 0 Å². The molecule has 0 radical (unpaired) electrons. The van der Waals surface area contributed by atoms with Gasteiger partial charge in [-0.2, -0.15) is 0 Å². The molecule has 1 aliphatic rings. The summed E-state index contributed by atoms with van der Waals surface area (Å²) in [4.78, 5) is 2.63. The Morgan fingerprint density at radius 3 is 2.47 bits per heavy atom. The fourth-order valence-electron chi connectivity index (χ4n) is 2.74. The first-order chi connectivity index (χ1) is 8.72. The summed E-state index contributed by atoms with van der Waals surface area (Å²) in [6.07, 6.45) is 2.48. The van der Waals surface area contributed by atoms with Gasteiger partial charge in [-0.15, -0.1) is 0 Å². The average molecular weight is 270 g/mol. The van der Waals surface area contributed by atoms with Crippen LogP contribution in [-0.2, 0) is 4.74 Å². The molecule has 1 heterocycles. The first kappa shape index (κ1) is 16.9. The lowest BCUT2D eigenvalue weighted by atomic mass is 9.89. The minimum atomic E-state index is 0.241. The minimum Gasteiger partial charge on any atom is -0.385 e. The average Bonchev–Trinajstić information content (AvgIpc) is 2.70. The van der Waals surface area contributed by atoms with Crippen molar-refractivity contribution in [3.8, 4) is 0 Å². The van der Waals surface area contributed by atoms with Crippen molar-refractivity contribution in [2.24, 2.45) is 11.3 Å². The summed E-state index contributed by atoms with van der Waals surface area (Å²) in [5, 5.41) is 3.63. The molecule has 0 aliphatic carbocycles. The normalized spacial score (nSPS) is 22.1. The second kappa shape index (κ2) is 7.05. The first-order valence-corrected chi connectivity index (χ1v) is 7.68. The SMILES string of the molecule is COCCC(C)(C)CN1CCC(CNC(C)(C)C)C1. The van der Waals surface area contributed by atoms with Crippen LogP contribution >= 0.6 is 0 Å². The first-order valence-electron chi connectivity index (χ1n) is 7.68. The number of nitrogens with one attached hydrogen (secondary N) is 1. The van der Waals surface area contributed by atoms with E-state index in [9.17, 15) is 0 Å². The van der Waals surface area contributed by atoms with E-state index in [-0.39, 0.29) is 5.54 Å². The van der Waals surface area contributed by atoms with Crippen LogP contribution in [0.5, 0.6) is 0 Å². The highest BCUT2D eigenvalue weighted by atomic mass is 16.5. The van der Waals surface area contributed by atoms with Crippen molar-refractivity contribution < 1.29 is 4.74 Å². The maximum absolute atomic E-state index is 5.21. The van der Waals surface area contributed by atoms with Crippen LogP contribution in [0.1, 0.15) is 47.5 Å². The molecule has 1 aliphatic heterocycles. The summed E-state index contributed by atoms with van der Waals surface area (Å²) in [5.74, 6) is 0.817. The Balaban J connectivity index is 2.28. The molecule has 1 unspecified atom stereocenters. The van der Waals surface area contributed by atoms with Gasteiger partial charge in [-0.05, 0) is 58.0 Å². The van der Waals surface area contributed by atoms with Gasteiger partial charge in [-0.1, -0.05) is 13.8 Å². The molecule has 1 rings (SSSR count). The lowest BCUT2D eigenvalue weighted by Crippen LogP contribution is -2.40. The highest BCUT2D eigenvalue weighted by Crippen LogP contribution is 2.25. The van der Waals surface area contributed by atoms with Gasteiger partial charge in [-0.3, -0.25) is 0 Å². The molecular weight excluding hydrogens is 236 g/mol. The lowest BCUT2D eigenvalue weighted by Gasteiger charge is -2.30. The summed E-state index contributed by atoms with van der Waals surface area (Å²) >= 11 is 0. The van der Waals surface area contributed by atoms with Gasteiger partial charge in [0.15, 0.2) is 0 Å². The van der Waals surface area contributed by atoms with Crippen LogP contribution in [0.25, 0.3) is 0 Å². The Kier molecular flexibility index (Phi) is 6.28. The van der Waals surface area contributed by atoms with Crippen LogP contribution in [0.15, 0.2) is 0 Å². The third-order valence-electron chi connectivity index (χ3n) is 3.93. The van der Waals surface area contributed by atoms with Crippen molar-refractivity contribution in [1.29, 1.82) is 0 Å². The molecule has 0 saturated carbocycles. The van der Waals surface area contributed by atoms with E-state index in [2.05, 4.69) is 44.8 Å². The van der Waals surface area contributed by atoms with E-state index in [1.807, 2.05) is 0 Å². The monoisotopic (exact) mass is 270 g/mol. The number of methoxy groups -OCH3 is 1. The number of nitrogens with zero attached hydrogens (tertiary/aromatic N) is 1. The van der Waals surface area contributed by atoms with Gasteiger partial charge >= 0.3 is 0 Å². The van der Waals surface area contributed by atoms with Crippen LogP contribution in [0.2, 0.25) is 0 Å². The molecule has 19 heavy (non-hydrogen) atoms.